The van der Waals surface area contributed by atoms with E-state index in [2.05, 4.69) is 27.8 Å². The molecule has 0 heterocycles. The summed E-state index contributed by atoms with van der Waals surface area (Å²) in [6, 6.07) is 1.45. The van der Waals surface area contributed by atoms with Gasteiger partial charge in [0.05, 0.1) is 16.7 Å². The summed E-state index contributed by atoms with van der Waals surface area (Å²) in [6.07, 6.45) is 0. The average molecular weight is 319 g/mol. The van der Waals surface area contributed by atoms with Gasteiger partial charge in [-0.25, -0.2) is 9.18 Å². The average Bonchev–Trinajstić information content (AvgIpc) is 2.26. The highest BCUT2D eigenvalue weighted by Gasteiger charge is 2.23. The lowest BCUT2D eigenvalue weighted by Crippen LogP contribution is -2.08. The summed E-state index contributed by atoms with van der Waals surface area (Å²) in [5.41, 5.74) is -1.51. The van der Waals surface area contributed by atoms with E-state index in [1.165, 1.54) is 0 Å². The summed E-state index contributed by atoms with van der Waals surface area (Å²) >= 11 is 3.04. The molecule has 0 aliphatic carbocycles. The molecule has 0 saturated heterocycles. The van der Waals surface area contributed by atoms with Crippen LogP contribution >= 0.6 is 15.9 Å². The van der Waals surface area contributed by atoms with Crippen molar-refractivity contribution >= 4 is 33.3 Å². The molecule has 0 unspecified atom stereocenters. The van der Waals surface area contributed by atoms with E-state index >= 15 is 0 Å². The second kappa shape index (κ2) is 5.58. The molecule has 8 heteroatoms. The van der Waals surface area contributed by atoms with E-state index in [1.807, 2.05) is 0 Å². The first-order valence-corrected chi connectivity index (χ1v) is 5.40. The van der Waals surface area contributed by atoms with E-state index in [4.69, 9.17) is 5.11 Å². The van der Waals surface area contributed by atoms with Gasteiger partial charge < -0.3 is 10.4 Å². The van der Waals surface area contributed by atoms with Crippen LogP contribution in [0.5, 0.6) is 0 Å². The fraction of sp³-hybridized carbons (Fsp3) is 0.100. The molecular formula is C10H8BrFN2O4. The Morgan fingerprint density at radius 2 is 2.22 bits per heavy atom. The van der Waals surface area contributed by atoms with Crippen LogP contribution < -0.4 is 5.32 Å². The van der Waals surface area contributed by atoms with Crippen LogP contribution in [0.3, 0.4) is 0 Å². The first-order valence-electron chi connectivity index (χ1n) is 4.61. The molecule has 1 aromatic carbocycles. The van der Waals surface area contributed by atoms with E-state index in [0.29, 0.717) is 10.5 Å². The third kappa shape index (κ3) is 3.27. The van der Waals surface area contributed by atoms with Gasteiger partial charge in [0.25, 0.3) is 5.69 Å². The van der Waals surface area contributed by atoms with E-state index in [-0.39, 0.29) is 12.2 Å². The number of nitro benzene ring substituents is 1. The number of carboxylic acid groups (broad SMARTS) is 1. The lowest BCUT2D eigenvalue weighted by atomic mass is 10.1. The quantitative estimate of drug-likeness (QED) is 0.643. The van der Waals surface area contributed by atoms with Gasteiger partial charge in [-0.05, 0) is 6.07 Å². The summed E-state index contributed by atoms with van der Waals surface area (Å²) in [7, 11) is 0. The molecule has 0 amide bonds. The molecule has 0 spiro atoms. The molecule has 0 aromatic heterocycles. The Balaban J connectivity index is 3.23. The van der Waals surface area contributed by atoms with Crippen molar-refractivity contribution in [2.75, 3.05) is 11.9 Å². The number of hydrogen-bond donors (Lipinski definition) is 2. The molecule has 96 valence electrons. The number of nitrogens with one attached hydrogen (secondary N) is 1. The fourth-order valence-corrected chi connectivity index (χ4v) is 1.35. The molecule has 0 radical (unpaired) electrons. The lowest BCUT2D eigenvalue weighted by Gasteiger charge is -2.08. The van der Waals surface area contributed by atoms with E-state index in [0.717, 1.165) is 6.07 Å². The van der Waals surface area contributed by atoms with Crippen LogP contribution in [0.1, 0.15) is 10.4 Å². The second-order valence-electron chi connectivity index (χ2n) is 3.28. The van der Waals surface area contributed by atoms with E-state index in [1.54, 1.807) is 0 Å². The third-order valence-corrected chi connectivity index (χ3v) is 2.26. The molecule has 0 saturated carbocycles. The first kappa shape index (κ1) is 14.1. The fourth-order valence-electron chi connectivity index (χ4n) is 1.21. The van der Waals surface area contributed by atoms with E-state index in [9.17, 15) is 19.3 Å². The van der Waals surface area contributed by atoms with Crippen LogP contribution in [0, 0.1) is 15.9 Å². The van der Waals surface area contributed by atoms with Crippen LogP contribution in [-0.4, -0.2) is 22.5 Å². The van der Waals surface area contributed by atoms with Crippen molar-refractivity contribution in [1.29, 1.82) is 0 Å². The van der Waals surface area contributed by atoms with Gasteiger partial charge in [-0.2, -0.15) is 0 Å². The number of anilines is 1. The predicted octanol–water partition coefficient (Wildman–Crippen LogP) is 2.75. The number of hydrogen-bond acceptors (Lipinski definition) is 4. The molecule has 0 aliphatic rings. The summed E-state index contributed by atoms with van der Waals surface area (Å²) in [4.78, 5) is 20.5. The number of nitrogens with zero attached hydrogens (tertiary/aromatic N) is 1. The van der Waals surface area contributed by atoms with Crippen LogP contribution in [0.15, 0.2) is 23.2 Å². The van der Waals surface area contributed by atoms with Crippen molar-refractivity contribution in [3.05, 3.63) is 44.7 Å². The van der Waals surface area contributed by atoms with Crippen molar-refractivity contribution < 1.29 is 19.2 Å². The number of benzene rings is 1. The van der Waals surface area contributed by atoms with Crippen molar-refractivity contribution in [3.63, 3.8) is 0 Å². The molecule has 18 heavy (non-hydrogen) atoms. The third-order valence-electron chi connectivity index (χ3n) is 1.98. The smallest absolute Gasteiger partial charge is 0.342 e. The molecule has 1 rings (SSSR count). The number of aromatic carboxylic acids is 1. The number of halogens is 2. The molecule has 2 N–H and O–H groups in total. The zero-order valence-electron chi connectivity index (χ0n) is 8.94. The Hall–Kier alpha value is -1.96. The maximum atomic E-state index is 13.5. The largest absolute Gasteiger partial charge is 0.477 e. The summed E-state index contributed by atoms with van der Waals surface area (Å²) < 4.78 is 14.0. The standard InChI is InChI=1S/C10H8BrFN2O4/c1-5(11)4-13-8-2-6(10(15)16)9(14(17)18)3-7(8)12/h2-3,13H,1,4H2,(H,15,16). The van der Waals surface area contributed by atoms with Gasteiger partial charge in [-0.3, -0.25) is 10.1 Å². The van der Waals surface area contributed by atoms with Gasteiger partial charge in [0.1, 0.15) is 5.56 Å². The zero-order chi connectivity index (χ0) is 13.9. The second-order valence-corrected chi connectivity index (χ2v) is 4.40. The molecule has 0 aliphatic heterocycles. The highest BCUT2D eigenvalue weighted by Crippen LogP contribution is 2.26. The lowest BCUT2D eigenvalue weighted by molar-refractivity contribution is -0.385. The summed E-state index contributed by atoms with van der Waals surface area (Å²) in [5, 5.41) is 22.0. The highest BCUT2D eigenvalue weighted by atomic mass is 79.9. The Kier molecular flexibility index (Phi) is 4.38. The molecule has 0 bridgehead atoms. The Labute approximate surface area is 109 Å². The van der Waals surface area contributed by atoms with Gasteiger partial charge in [0, 0.05) is 11.0 Å². The monoisotopic (exact) mass is 318 g/mol. The first-order chi connectivity index (χ1) is 8.32. The topological polar surface area (TPSA) is 92.5 Å². The molecule has 1 aromatic rings. The normalized spacial score (nSPS) is 9.89. The van der Waals surface area contributed by atoms with Crippen LogP contribution in [-0.2, 0) is 0 Å². The minimum atomic E-state index is -1.50. The van der Waals surface area contributed by atoms with Gasteiger partial charge in [-0.15, -0.1) is 0 Å². The van der Waals surface area contributed by atoms with Crippen molar-refractivity contribution in [2.24, 2.45) is 0 Å². The Morgan fingerprint density at radius 3 is 2.67 bits per heavy atom. The molecular weight excluding hydrogens is 311 g/mol. The predicted molar refractivity (Wildman–Crippen MR) is 66.6 cm³/mol. The van der Waals surface area contributed by atoms with Gasteiger partial charge in [0.2, 0.25) is 0 Å². The molecule has 0 atom stereocenters. The SMILES string of the molecule is C=C(Br)CNc1cc(C(=O)O)c([N+](=O)[O-])cc1F. The van der Waals surface area contributed by atoms with Crippen LogP contribution in [0.2, 0.25) is 0 Å². The minimum Gasteiger partial charge on any atom is -0.477 e. The summed E-state index contributed by atoms with van der Waals surface area (Å²) in [6.45, 7) is 3.67. The Morgan fingerprint density at radius 1 is 1.61 bits per heavy atom. The van der Waals surface area contributed by atoms with Gasteiger partial charge in [0.15, 0.2) is 5.82 Å². The zero-order valence-corrected chi connectivity index (χ0v) is 10.5. The number of rotatable bonds is 5. The minimum absolute atomic E-state index is 0.140. The van der Waals surface area contributed by atoms with Gasteiger partial charge in [-0.1, -0.05) is 22.5 Å². The number of nitro groups is 1. The van der Waals surface area contributed by atoms with Crippen LogP contribution in [0.25, 0.3) is 0 Å². The summed E-state index contributed by atoms with van der Waals surface area (Å²) in [5.74, 6) is -2.40. The highest BCUT2D eigenvalue weighted by molar-refractivity contribution is 9.11. The number of carboxylic acids is 1. The van der Waals surface area contributed by atoms with Gasteiger partial charge >= 0.3 is 5.97 Å². The van der Waals surface area contributed by atoms with E-state index < -0.39 is 28.0 Å². The van der Waals surface area contributed by atoms with Crippen molar-refractivity contribution in [1.82, 2.24) is 0 Å². The maximum Gasteiger partial charge on any atom is 0.342 e. The van der Waals surface area contributed by atoms with Crippen LogP contribution in [0.4, 0.5) is 15.8 Å². The molecule has 6 nitrogen and oxygen atoms in total. The Bertz CT molecular complexity index is 533. The molecule has 0 fully saturated rings. The number of carbonyl (C=O) groups is 1. The van der Waals surface area contributed by atoms with Crippen molar-refractivity contribution in [3.8, 4) is 0 Å². The van der Waals surface area contributed by atoms with Crippen molar-refractivity contribution in [2.45, 2.75) is 0 Å². The maximum absolute atomic E-state index is 13.5.